The maximum Gasteiger partial charge on any atom is 0.307 e. The first kappa shape index (κ1) is 14.9. The Kier molecular flexibility index (Phi) is 4.69. The number of carbonyl (C=O) groups is 1. The summed E-state index contributed by atoms with van der Waals surface area (Å²) in [4.78, 5) is 14.9. The van der Waals surface area contributed by atoms with E-state index in [1.165, 1.54) is 4.31 Å². The summed E-state index contributed by atoms with van der Waals surface area (Å²) in [5.74, 6) is -1.57. The monoisotopic (exact) mass is 299 g/mol. The highest BCUT2D eigenvalue weighted by molar-refractivity contribution is 7.87. The average molecular weight is 299 g/mol. The fraction of sp³-hybridized carbons (Fsp3) is 0.500. The fourth-order valence-electron chi connectivity index (χ4n) is 2.13. The molecule has 0 spiro atoms. The van der Waals surface area contributed by atoms with E-state index in [1.807, 2.05) is 0 Å². The first-order valence-corrected chi connectivity index (χ1v) is 7.79. The van der Waals surface area contributed by atoms with Crippen LogP contribution in [0.25, 0.3) is 0 Å². The van der Waals surface area contributed by atoms with Gasteiger partial charge >= 0.3 is 5.97 Å². The molecule has 1 unspecified atom stereocenters. The van der Waals surface area contributed by atoms with Crippen LogP contribution in [0.15, 0.2) is 24.5 Å². The molecular weight excluding hydrogens is 282 g/mol. The minimum atomic E-state index is -3.66. The molecule has 0 bridgehead atoms. The third-order valence-corrected chi connectivity index (χ3v) is 4.78. The van der Waals surface area contributed by atoms with E-state index in [2.05, 4.69) is 9.71 Å². The number of carboxylic acid groups (broad SMARTS) is 1. The van der Waals surface area contributed by atoms with Gasteiger partial charge in [-0.2, -0.15) is 17.4 Å². The lowest BCUT2D eigenvalue weighted by Gasteiger charge is -2.29. The highest BCUT2D eigenvalue weighted by Gasteiger charge is 2.31. The topological polar surface area (TPSA) is 99.6 Å². The van der Waals surface area contributed by atoms with Crippen molar-refractivity contribution in [1.82, 2.24) is 14.0 Å². The smallest absolute Gasteiger partial charge is 0.307 e. The van der Waals surface area contributed by atoms with Gasteiger partial charge in [-0.15, -0.1) is 0 Å². The number of piperidine rings is 1. The van der Waals surface area contributed by atoms with E-state index in [1.54, 1.807) is 24.5 Å². The lowest BCUT2D eigenvalue weighted by Crippen LogP contribution is -2.47. The molecule has 2 rings (SSSR count). The number of aliphatic carboxylic acids is 1. The van der Waals surface area contributed by atoms with E-state index < -0.39 is 22.1 Å². The van der Waals surface area contributed by atoms with Crippen LogP contribution in [0.1, 0.15) is 18.4 Å². The molecule has 1 aromatic heterocycles. The summed E-state index contributed by atoms with van der Waals surface area (Å²) in [7, 11) is -3.66. The summed E-state index contributed by atoms with van der Waals surface area (Å²) in [6, 6.07) is 3.50. The highest BCUT2D eigenvalue weighted by atomic mass is 32.2. The minimum Gasteiger partial charge on any atom is -0.481 e. The van der Waals surface area contributed by atoms with E-state index in [9.17, 15) is 13.2 Å². The van der Waals surface area contributed by atoms with Gasteiger partial charge in [-0.05, 0) is 24.5 Å². The van der Waals surface area contributed by atoms with Gasteiger partial charge in [-0.1, -0.05) is 6.07 Å². The molecule has 1 aliphatic rings. The summed E-state index contributed by atoms with van der Waals surface area (Å²) in [5, 5.41) is 8.98. The van der Waals surface area contributed by atoms with Crippen LogP contribution in [0.5, 0.6) is 0 Å². The minimum absolute atomic E-state index is 0.0255. The summed E-state index contributed by atoms with van der Waals surface area (Å²) in [5.41, 5.74) is 0.753. The van der Waals surface area contributed by atoms with E-state index in [-0.39, 0.29) is 13.1 Å². The Hall–Kier alpha value is -1.51. The zero-order chi connectivity index (χ0) is 14.6. The lowest BCUT2D eigenvalue weighted by atomic mass is 10.0. The second-order valence-corrected chi connectivity index (χ2v) is 6.48. The maximum absolute atomic E-state index is 12.1. The van der Waals surface area contributed by atoms with Crippen molar-refractivity contribution in [3.8, 4) is 0 Å². The van der Waals surface area contributed by atoms with Crippen LogP contribution < -0.4 is 4.72 Å². The Labute approximate surface area is 117 Å². The van der Waals surface area contributed by atoms with Crippen LogP contribution in [0.2, 0.25) is 0 Å². The number of rotatable bonds is 5. The molecule has 1 atom stereocenters. The number of nitrogens with one attached hydrogen (secondary N) is 1. The molecule has 1 fully saturated rings. The number of nitrogens with zero attached hydrogens (tertiary/aromatic N) is 2. The molecule has 0 aliphatic carbocycles. The third kappa shape index (κ3) is 3.75. The average Bonchev–Trinajstić information content (AvgIpc) is 2.46. The zero-order valence-corrected chi connectivity index (χ0v) is 11.7. The van der Waals surface area contributed by atoms with Gasteiger partial charge < -0.3 is 5.11 Å². The molecule has 0 radical (unpaired) electrons. The SMILES string of the molecule is O=C(O)C1CCCN(S(=O)(=O)NCc2cccnc2)C1. The third-order valence-electron chi connectivity index (χ3n) is 3.25. The molecule has 0 saturated carbocycles. The molecule has 8 heteroatoms. The van der Waals surface area contributed by atoms with Crippen molar-refractivity contribution >= 4 is 16.2 Å². The Morgan fingerprint density at radius 1 is 1.55 bits per heavy atom. The quantitative estimate of drug-likeness (QED) is 0.810. The Morgan fingerprint density at radius 2 is 2.35 bits per heavy atom. The number of hydrogen-bond donors (Lipinski definition) is 2. The summed E-state index contributed by atoms with van der Waals surface area (Å²) < 4.78 is 27.9. The molecule has 1 saturated heterocycles. The molecule has 0 amide bonds. The first-order chi connectivity index (χ1) is 9.49. The van der Waals surface area contributed by atoms with Gasteiger partial charge in [0.15, 0.2) is 0 Å². The summed E-state index contributed by atoms with van der Waals surface area (Å²) in [6.45, 7) is 0.522. The lowest BCUT2D eigenvalue weighted by molar-refractivity contribution is -0.142. The van der Waals surface area contributed by atoms with E-state index in [4.69, 9.17) is 5.11 Å². The van der Waals surface area contributed by atoms with Gasteiger partial charge in [0, 0.05) is 32.0 Å². The summed E-state index contributed by atoms with van der Waals surface area (Å²) >= 11 is 0. The largest absolute Gasteiger partial charge is 0.481 e. The molecule has 7 nitrogen and oxygen atoms in total. The number of aromatic nitrogens is 1. The van der Waals surface area contributed by atoms with Crippen molar-refractivity contribution in [2.24, 2.45) is 5.92 Å². The zero-order valence-electron chi connectivity index (χ0n) is 10.9. The van der Waals surface area contributed by atoms with Crippen molar-refractivity contribution in [3.63, 3.8) is 0 Å². The van der Waals surface area contributed by atoms with Crippen molar-refractivity contribution in [3.05, 3.63) is 30.1 Å². The molecule has 110 valence electrons. The van der Waals surface area contributed by atoms with Crippen molar-refractivity contribution < 1.29 is 18.3 Å². The number of hydrogen-bond acceptors (Lipinski definition) is 4. The van der Waals surface area contributed by atoms with Gasteiger partial charge in [0.1, 0.15) is 0 Å². The molecule has 2 heterocycles. The predicted molar refractivity (Wildman–Crippen MR) is 71.9 cm³/mol. The van der Waals surface area contributed by atoms with Crippen LogP contribution in [0.4, 0.5) is 0 Å². The molecule has 1 aliphatic heterocycles. The highest BCUT2D eigenvalue weighted by Crippen LogP contribution is 2.18. The first-order valence-electron chi connectivity index (χ1n) is 6.35. The predicted octanol–water partition coefficient (Wildman–Crippen LogP) is 0.213. The van der Waals surface area contributed by atoms with E-state index >= 15 is 0 Å². The van der Waals surface area contributed by atoms with Gasteiger partial charge in [0.2, 0.25) is 0 Å². The van der Waals surface area contributed by atoms with Crippen molar-refractivity contribution in [2.45, 2.75) is 19.4 Å². The van der Waals surface area contributed by atoms with Crippen molar-refractivity contribution in [1.29, 1.82) is 0 Å². The van der Waals surface area contributed by atoms with Gasteiger partial charge in [-0.3, -0.25) is 9.78 Å². The molecule has 2 N–H and O–H groups in total. The maximum atomic E-state index is 12.1. The van der Waals surface area contributed by atoms with Crippen molar-refractivity contribution in [2.75, 3.05) is 13.1 Å². The van der Waals surface area contributed by atoms with Crippen LogP contribution in [0, 0.1) is 5.92 Å². The number of carboxylic acids is 1. The van der Waals surface area contributed by atoms with Crippen LogP contribution in [-0.2, 0) is 21.5 Å². The van der Waals surface area contributed by atoms with Gasteiger partial charge in [0.25, 0.3) is 10.2 Å². The van der Waals surface area contributed by atoms with Gasteiger partial charge in [0.05, 0.1) is 5.92 Å². The molecule has 20 heavy (non-hydrogen) atoms. The van der Waals surface area contributed by atoms with Crippen LogP contribution in [0.3, 0.4) is 0 Å². The Morgan fingerprint density at radius 3 is 3.00 bits per heavy atom. The number of pyridine rings is 1. The van der Waals surface area contributed by atoms with E-state index in [0.29, 0.717) is 19.4 Å². The van der Waals surface area contributed by atoms with Gasteiger partial charge in [-0.25, -0.2) is 0 Å². The standard InChI is InChI=1S/C12H17N3O4S/c16-12(17)11-4-2-6-15(9-11)20(18,19)14-8-10-3-1-5-13-7-10/h1,3,5,7,11,14H,2,4,6,8-9H2,(H,16,17). The normalized spacial score (nSPS) is 20.7. The van der Waals surface area contributed by atoms with E-state index in [0.717, 1.165) is 5.56 Å². The second kappa shape index (κ2) is 6.29. The van der Waals surface area contributed by atoms with Crippen LogP contribution >= 0.6 is 0 Å². The fourth-order valence-corrected chi connectivity index (χ4v) is 3.41. The Balaban J connectivity index is 1.97. The summed E-state index contributed by atoms with van der Waals surface area (Å²) in [6.07, 6.45) is 4.27. The molecule has 0 aromatic carbocycles. The molecular formula is C12H17N3O4S. The molecule has 1 aromatic rings. The second-order valence-electron chi connectivity index (χ2n) is 4.72. The Bertz CT molecular complexity index is 561. The van der Waals surface area contributed by atoms with Crippen LogP contribution in [-0.4, -0.2) is 41.9 Å².